The van der Waals surface area contributed by atoms with Crippen molar-refractivity contribution in [1.82, 2.24) is 9.21 Å². The zero-order valence-corrected chi connectivity index (χ0v) is 18.6. The average molecular weight is 450 g/mol. The van der Waals surface area contributed by atoms with Crippen LogP contribution in [0.3, 0.4) is 0 Å². The van der Waals surface area contributed by atoms with Crippen molar-refractivity contribution in [2.75, 3.05) is 31.5 Å². The number of carbonyl (C=O) groups is 2. The molecule has 10 heteroatoms. The number of hydrogen-bond acceptors (Lipinski definition) is 6. The Labute approximate surface area is 179 Å². The molecule has 8 nitrogen and oxygen atoms in total. The minimum atomic E-state index is -3.76. The van der Waals surface area contributed by atoms with E-state index in [1.54, 1.807) is 24.8 Å². The second-order valence-corrected chi connectivity index (χ2v) is 10.3. The van der Waals surface area contributed by atoms with Crippen LogP contribution in [-0.2, 0) is 14.8 Å². The van der Waals surface area contributed by atoms with E-state index in [0.717, 1.165) is 5.56 Å². The molecule has 2 aromatic rings. The normalized spacial score (nSPS) is 19.8. The van der Waals surface area contributed by atoms with Crippen LogP contribution < -0.4 is 10.1 Å². The number of fused-ring (bicyclic) bond motifs is 1. The highest BCUT2D eigenvalue weighted by Gasteiger charge is 2.34. The van der Waals surface area contributed by atoms with Crippen LogP contribution in [-0.4, -0.2) is 61.7 Å². The van der Waals surface area contributed by atoms with Gasteiger partial charge in [0.05, 0.1) is 15.5 Å². The van der Waals surface area contributed by atoms with Crippen LogP contribution in [0.4, 0.5) is 5.69 Å². The molecule has 30 heavy (non-hydrogen) atoms. The van der Waals surface area contributed by atoms with Crippen molar-refractivity contribution >= 4 is 38.9 Å². The second kappa shape index (κ2) is 7.68. The van der Waals surface area contributed by atoms with Gasteiger partial charge in [-0.1, -0.05) is 0 Å². The minimum absolute atomic E-state index is 0.0531. The fourth-order valence-electron chi connectivity index (χ4n) is 3.63. The van der Waals surface area contributed by atoms with Gasteiger partial charge in [-0.2, -0.15) is 4.31 Å². The first-order valence-electron chi connectivity index (χ1n) is 9.64. The molecule has 2 aliphatic heterocycles. The number of carbonyl (C=O) groups excluding carboxylic acids is 2. The summed E-state index contributed by atoms with van der Waals surface area (Å²) in [4.78, 5) is 27.0. The molecule has 160 valence electrons. The number of hydrogen-bond donors (Lipinski definition) is 1. The van der Waals surface area contributed by atoms with Crippen LogP contribution >= 0.6 is 11.3 Å². The summed E-state index contributed by atoms with van der Waals surface area (Å²) in [5, 5.41) is 4.61. The van der Waals surface area contributed by atoms with Gasteiger partial charge in [-0.15, -0.1) is 11.3 Å². The van der Waals surface area contributed by atoms with Gasteiger partial charge in [0.25, 0.3) is 11.8 Å². The molecule has 3 heterocycles. The van der Waals surface area contributed by atoms with E-state index in [1.165, 1.54) is 21.7 Å². The Balaban J connectivity index is 1.53. The maximum atomic E-state index is 13.3. The van der Waals surface area contributed by atoms with Crippen molar-refractivity contribution in [2.45, 2.75) is 31.8 Å². The number of amides is 2. The summed E-state index contributed by atoms with van der Waals surface area (Å²) in [6, 6.07) is 5.00. The molecule has 0 unspecified atom stereocenters. The van der Waals surface area contributed by atoms with Crippen molar-refractivity contribution in [3.63, 3.8) is 0 Å². The number of sulfonamides is 1. The highest BCUT2D eigenvalue weighted by Crippen LogP contribution is 2.35. The lowest BCUT2D eigenvalue weighted by molar-refractivity contribution is -0.122. The van der Waals surface area contributed by atoms with Gasteiger partial charge in [0, 0.05) is 32.2 Å². The van der Waals surface area contributed by atoms with Crippen molar-refractivity contribution < 1.29 is 22.7 Å². The third-order valence-corrected chi connectivity index (χ3v) is 8.45. The van der Waals surface area contributed by atoms with Gasteiger partial charge in [0.15, 0.2) is 6.10 Å². The molecule has 0 aliphatic carbocycles. The fraction of sp³-hybridized carbons (Fsp3) is 0.400. The topological polar surface area (TPSA) is 96.0 Å². The summed E-state index contributed by atoms with van der Waals surface area (Å²) in [6.07, 6.45) is -0.689. The van der Waals surface area contributed by atoms with Crippen molar-refractivity contribution in [3.05, 3.63) is 39.6 Å². The van der Waals surface area contributed by atoms with Crippen LogP contribution in [0.25, 0.3) is 0 Å². The molecule has 1 saturated heterocycles. The Kier molecular flexibility index (Phi) is 5.33. The summed E-state index contributed by atoms with van der Waals surface area (Å²) < 4.78 is 33.5. The Morgan fingerprint density at radius 2 is 1.87 bits per heavy atom. The zero-order valence-electron chi connectivity index (χ0n) is 17.0. The minimum Gasteiger partial charge on any atom is -0.479 e. The third kappa shape index (κ3) is 3.59. The molecular formula is C20H23N3O5S2. The molecule has 0 bridgehead atoms. The van der Waals surface area contributed by atoms with Gasteiger partial charge < -0.3 is 15.0 Å². The predicted molar refractivity (Wildman–Crippen MR) is 114 cm³/mol. The van der Waals surface area contributed by atoms with E-state index >= 15 is 0 Å². The number of nitrogens with one attached hydrogen (secondary N) is 1. The van der Waals surface area contributed by atoms with Gasteiger partial charge in [0.2, 0.25) is 10.0 Å². The first-order chi connectivity index (χ1) is 14.2. The van der Waals surface area contributed by atoms with Crippen LogP contribution in [0.15, 0.2) is 28.5 Å². The van der Waals surface area contributed by atoms with Crippen LogP contribution in [0.1, 0.15) is 27.7 Å². The SMILES string of the molecule is Cc1cc2c(cc1S(=O)(=O)N1CCN(C(=O)c3sccc3C)CC1)O[C@H](C)C(=O)N2. The van der Waals surface area contributed by atoms with Gasteiger partial charge >= 0.3 is 0 Å². The second-order valence-electron chi connectivity index (χ2n) is 7.49. The lowest BCUT2D eigenvalue weighted by Crippen LogP contribution is -2.50. The fourth-order valence-corrected chi connectivity index (χ4v) is 6.16. The number of ether oxygens (including phenoxy) is 1. The first kappa shape index (κ1) is 20.8. The van der Waals surface area contributed by atoms with E-state index in [2.05, 4.69) is 5.32 Å². The number of piperazine rings is 1. The molecule has 0 spiro atoms. The lowest BCUT2D eigenvalue weighted by Gasteiger charge is -2.34. The Morgan fingerprint density at radius 1 is 1.17 bits per heavy atom. The van der Waals surface area contributed by atoms with Gasteiger partial charge in [-0.25, -0.2) is 8.42 Å². The molecule has 1 aromatic carbocycles. The maximum absolute atomic E-state index is 13.3. The number of benzene rings is 1. The summed E-state index contributed by atoms with van der Waals surface area (Å²) in [5.74, 6) is 0.0233. The molecule has 1 aromatic heterocycles. The van der Waals surface area contributed by atoms with Crippen LogP contribution in [0.5, 0.6) is 5.75 Å². The van der Waals surface area contributed by atoms with Gasteiger partial charge in [-0.3, -0.25) is 9.59 Å². The van der Waals surface area contributed by atoms with E-state index in [-0.39, 0.29) is 29.8 Å². The highest BCUT2D eigenvalue weighted by atomic mass is 32.2. The first-order valence-corrected chi connectivity index (χ1v) is 12.0. The van der Waals surface area contributed by atoms with Crippen LogP contribution in [0.2, 0.25) is 0 Å². The van der Waals surface area contributed by atoms with Crippen molar-refractivity contribution in [3.8, 4) is 5.75 Å². The monoisotopic (exact) mass is 449 g/mol. The Hall–Kier alpha value is -2.43. The lowest BCUT2D eigenvalue weighted by atomic mass is 10.1. The molecule has 2 amide bonds. The predicted octanol–water partition coefficient (Wildman–Crippen LogP) is 2.23. The zero-order chi connectivity index (χ0) is 21.6. The molecule has 1 fully saturated rings. The number of nitrogens with zero attached hydrogens (tertiary/aromatic N) is 2. The number of rotatable bonds is 3. The van der Waals surface area contributed by atoms with E-state index in [9.17, 15) is 18.0 Å². The van der Waals surface area contributed by atoms with Crippen molar-refractivity contribution in [2.24, 2.45) is 0 Å². The molecule has 0 saturated carbocycles. The summed E-state index contributed by atoms with van der Waals surface area (Å²) >= 11 is 1.40. The summed E-state index contributed by atoms with van der Waals surface area (Å²) in [5.41, 5.74) is 1.93. The molecule has 1 N–H and O–H groups in total. The van der Waals surface area contributed by atoms with E-state index in [0.29, 0.717) is 35.0 Å². The average Bonchev–Trinajstić information content (AvgIpc) is 3.14. The van der Waals surface area contributed by atoms with E-state index < -0.39 is 16.1 Å². The molecule has 0 radical (unpaired) electrons. The summed E-state index contributed by atoms with van der Waals surface area (Å²) in [6.45, 7) is 6.32. The van der Waals surface area contributed by atoms with E-state index in [1.807, 2.05) is 18.4 Å². The number of anilines is 1. The smallest absolute Gasteiger partial charge is 0.265 e. The largest absolute Gasteiger partial charge is 0.479 e. The molecule has 4 rings (SSSR count). The Morgan fingerprint density at radius 3 is 2.50 bits per heavy atom. The van der Waals surface area contributed by atoms with Gasteiger partial charge in [-0.05, 0) is 49.4 Å². The summed E-state index contributed by atoms with van der Waals surface area (Å²) in [7, 11) is -3.76. The Bertz CT molecular complexity index is 1120. The van der Waals surface area contributed by atoms with E-state index in [4.69, 9.17) is 4.74 Å². The van der Waals surface area contributed by atoms with Crippen molar-refractivity contribution in [1.29, 1.82) is 0 Å². The maximum Gasteiger partial charge on any atom is 0.265 e. The third-order valence-electron chi connectivity index (χ3n) is 5.41. The standard InChI is InChI=1S/C20H23N3O5S2/c1-12-4-9-29-18(12)20(25)22-5-7-23(8-6-22)30(26,27)17-11-16-15(10-13(17)2)21-19(24)14(3)28-16/h4,9-11,14H,5-8H2,1-3H3,(H,21,24)/t14-/m1/s1. The highest BCUT2D eigenvalue weighted by molar-refractivity contribution is 7.89. The van der Waals surface area contributed by atoms with Gasteiger partial charge in [0.1, 0.15) is 5.75 Å². The molecule has 2 aliphatic rings. The number of aryl methyl sites for hydroxylation is 2. The number of thiophene rings is 1. The van der Waals surface area contributed by atoms with Crippen LogP contribution in [0, 0.1) is 13.8 Å². The quantitative estimate of drug-likeness (QED) is 0.775. The molecular weight excluding hydrogens is 426 g/mol. The molecule has 1 atom stereocenters.